The molecule has 0 spiro atoms. The van der Waals surface area contributed by atoms with Gasteiger partial charge in [-0.3, -0.25) is 4.79 Å². The van der Waals surface area contributed by atoms with Gasteiger partial charge in [0.2, 0.25) is 5.91 Å². The average molecular weight is 245 g/mol. The van der Waals surface area contributed by atoms with Crippen LogP contribution in [0.2, 0.25) is 0 Å². The van der Waals surface area contributed by atoms with E-state index in [1.54, 1.807) is 17.9 Å². The highest BCUT2D eigenvalue weighted by atomic mass is 16.3. The number of benzene rings is 1. The minimum atomic E-state index is -0.705. The van der Waals surface area contributed by atoms with Crippen LogP contribution < -0.4 is 0 Å². The van der Waals surface area contributed by atoms with Gasteiger partial charge in [0.05, 0.1) is 18.7 Å². The molecule has 1 fully saturated rings. The maximum Gasteiger partial charge on any atom is 0.246 e. The van der Waals surface area contributed by atoms with Crippen molar-refractivity contribution in [2.75, 3.05) is 13.1 Å². The number of aryl methyl sites for hydroxylation is 2. The number of carbonyl (C=O) groups excluding carboxylic acids is 1. The first-order valence-electron chi connectivity index (χ1n) is 6.14. The van der Waals surface area contributed by atoms with Gasteiger partial charge in [0.15, 0.2) is 0 Å². The molecule has 1 saturated heterocycles. The molecule has 1 amide bonds. The minimum absolute atomic E-state index is 0.0403. The Morgan fingerprint density at radius 3 is 2.61 bits per heavy atom. The lowest BCUT2D eigenvalue weighted by Crippen LogP contribution is -2.61. The summed E-state index contributed by atoms with van der Waals surface area (Å²) in [5.41, 5.74) is 2.73. The normalized spacial score (nSPS) is 17.9. The largest absolute Gasteiger partial charge is 0.386 e. The maximum absolute atomic E-state index is 11.8. The van der Waals surface area contributed by atoms with E-state index in [1.807, 2.05) is 32.1 Å². The van der Waals surface area contributed by atoms with Crippen LogP contribution in [-0.4, -0.2) is 34.6 Å². The summed E-state index contributed by atoms with van der Waals surface area (Å²) in [5.74, 6) is -0.0403. The summed E-state index contributed by atoms with van der Waals surface area (Å²) in [4.78, 5) is 13.4. The lowest BCUT2D eigenvalue weighted by molar-refractivity contribution is -0.146. The zero-order valence-electron chi connectivity index (χ0n) is 11.1. The third kappa shape index (κ3) is 2.79. The van der Waals surface area contributed by atoms with E-state index in [-0.39, 0.29) is 5.91 Å². The molecule has 1 aromatic carbocycles. The summed E-state index contributed by atoms with van der Waals surface area (Å²) in [6.07, 6.45) is 3.41. The molecule has 18 heavy (non-hydrogen) atoms. The lowest BCUT2D eigenvalue weighted by atomic mass is 9.97. The Morgan fingerprint density at radius 2 is 2.06 bits per heavy atom. The van der Waals surface area contributed by atoms with Gasteiger partial charge in [-0.05, 0) is 38.0 Å². The molecule has 1 heterocycles. The van der Waals surface area contributed by atoms with Crippen molar-refractivity contribution in [3.8, 4) is 0 Å². The Labute approximate surface area is 108 Å². The smallest absolute Gasteiger partial charge is 0.246 e. The van der Waals surface area contributed by atoms with Gasteiger partial charge in [-0.2, -0.15) is 0 Å². The number of carbonyl (C=O) groups is 1. The SMILES string of the molecule is Cc1ccc(C=CC(=O)N2CC(C)(O)C2)c(C)c1. The topological polar surface area (TPSA) is 40.5 Å². The summed E-state index contributed by atoms with van der Waals surface area (Å²) >= 11 is 0. The molecule has 96 valence electrons. The van der Waals surface area contributed by atoms with Crippen molar-refractivity contribution in [3.63, 3.8) is 0 Å². The number of aliphatic hydroxyl groups is 1. The van der Waals surface area contributed by atoms with Crippen molar-refractivity contribution >= 4 is 12.0 Å². The van der Waals surface area contributed by atoms with Crippen molar-refractivity contribution in [1.82, 2.24) is 4.90 Å². The third-order valence-electron chi connectivity index (χ3n) is 3.21. The van der Waals surface area contributed by atoms with Gasteiger partial charge >= 0.3 is 0 Å². The number of rotatable bonds is 2. The van der Waals surface area contributed by atoms with Crippen molar-refractivity contribution in [1.29, 1.82) is 0 Å². The van der Waals surface area contributed by atoms with Gasteiger partial charge in [-0.25, -0.2) is 0 Å². The van der Waals surface area contributed by atoms with E-state index in [0.717, 1.165) is 11.1 Å². The van der Waals surface area contributed by atoms with E-state index in [1.165, 1.54) is 5.56 Å². The van der Waals surface area contributed by atoms with E-state index in [9.17, 15) is 9.90 Å². The van der Waals surface area contributed by atoms with Crippen LogP contribution in [0, 0.1) is 13.8 Å². The molecule has 1 aromatic rings. The van der Waals surface area contributed by atoms with Gasteiger partial charge in [0.1, 0.15) is 0 Å². The second kappa shape index (κ2) is 4.58. The van der Waals surface area contributed by atoms with Gasteiger partial charge in [0.25, 0.3) is 0 Å². The van der Waals surface area contributed by atoms with Crippen molar-refractivity contribution in [2.24, 2.45) is 0 Å². The van der Waals surface area contributed by atoms with E-state index < -0.39 is 5.60 Å². The molecule has 1 aliphatic heterocycles. The summed E-state index contributed by atoms with van der Waals surface area (Å²) in [6, 6.07) is 6.14. The zero-order chi connectivity index (χ0) is 13.3. The molecular weight excluding hydrogens is 226 g/mol. The molecule has 2 rings (SSSR count). The van der Waals surface area contributed by atoms with Crippen LogP contribution >= 0.6 is 0 Å². The summed E-state index contributed by atoms with van der Waals surface area (Å²) in [7, 11) is 0. The average Bonchev–Trinajstić information content (AvgIpc) is 2.24. The van der Waals surface area contributed by atoms with Crippen molar-refractivity contribution < 1.29 is 9.90 Å². The van der Waals surface area contributed by atoms with Gasteiger partial charge < -0.3 is 10.0 Å². The first-order valence-corrected chi connectivity index (χ1v) is 6.14. The molecule has 0 aliphatic carbocycles. The van der Waals surface area contributed by atoms with Gasteiger partial charge in [-0.15, -0.1) is 0 Å². The second-order valence-electron chi connectivity index (χ2n) is 5.38. The Hall–Kier alpha value is -1.61. The van der Waals surface area contributed by atoms with E-state index in [4.69, 9.17) is 0 Å². The van der Waals surface area contributed by atoms with Gasteiger partial charge in [-0.1, -0.05) is 23.8 Å². The van der Waals surface area contributed by atoms with E-state index in [2.05, 4.69) is 6.07 Å². The fourth-order valence-corrected chi connectivity index (χ4v) is 2.21. The predicted molar refractivity (Wildman–Crippen MR) is 72.2 cm³/mol. The van der Waals surface area contributed by atoms with Crippen LogP contribution in [0.3, 0.4) is 0 Å². The maximum atomic E-state index is 11.8. The fourth-order valence-electron chi connectivity index (χ4n) is 2.21. The zero-order valence-corrected chi connectivity index (χ0v) is 11.1. The van der Waals surface area contributed by atoms with E-state index >= 15 is 0 Å². The Balaban J connectivity index is 2.01. The highest BCUT2D eigenvalue weighted by Crippen LogP contribution is 2.20. The molecule has 1 N–H and O–H groups in total. The quantitative estimate of drug-likeness (QED) is 0.809. The second-order valence-corrected chi connectivity index (χ2v) is 5.38. The van der Waals surface area contributed by atoms with Crippen molar-refractivity contribution in [3.05, 3.63) is 41.0 Å². The summed E-state index contributed by atoms with van der Waals surface area (Å²) in [5, 5.41) is 9.57. The number of likely N-dealkylation sites (tertiary alicyclic amines) is 1. The number of amides is 1. The van der Waals surface area contributed by atoms with Crippen LogP contribution in [0.25, 0.3) is 6.08 Å². The number of β-amino-alcohol motifs (C(OH)–C–C–N with tert-alkyl or cyclic N) is 1. The molecular formula is C15H19NO2. The lowest BCUT2D eigenvalue weighted by Gasteiger charge is -2.43. The molecule has 0 aromatic heterocycles. The fraction of sp³-hybridized carbons (Fsp3) is 0.400. The number of hydrogen-bond acceptors (Lipinski definition) is 2. The highest BCUT2D eigenvalue weighted by Gasteiger charge is 2.38. The molecule has 3 nitrogen and oxygen atoms in total. The predicted octanol–water partition coefficient (Wildman–Crippen LogP) is 1.91. The standard InChI is InChI=1S/C15H19NO2/c1-11-4-5-13(12(2)8-11)6-7-14(17)16-9-15(3,18)10-16/h4-8,18H,9-10H2,1-3H3. The molecule has 1 aliphatic rings. The number of hydrogen-bond donors (Lipinski definition) is 1. The van der Waals surface area contributed by atoms with Crippen LogP contribution in [0.15, 0.2) is 24.3 Å². The number of nitrogens with zero attached hydrogens (tertiary/aromatic N) is 1. The highest BCUT2D eigenvalue weighted by molar-refractivity contribution is 5.92. The molecule has 0 radical (unpaired) electrons. The first-order chi connectivity index (χ1) is 8.37. The Bertz CT molecular complexity index is 495. The molecule has 3 heteroatoms. The molecule has 0 unspecified atom stereocenters. The summed E-state index contributed by atoms with van der Waals surface area (Å²) < 4.78 is 0. The van der Waals surface area contributed by atoms with E-state index in [0.29, 0.717) is 13.1 Å². The minimum Gasteiger partial charge on any atom is -0.386 e. The Kier molecular flexibility index (Phi) is 3.26. The van der Waals surface area contributed by atoms with Crippen LogP contribution in [-0.2, 0) is 4.79 Å². The van der Waals surface area contributed by atoms with Crippen LogP contribution in [0.4, 0.5) is 0 Å². The summed E-state index contributed by atoms with van der Waals surface area (Å²) in [6.45, 7) is 6.66. The molecule has 0 atom stereocenters. The van der Waals surface area contributed by atoms with Crippen molar-refractivity contribution in [2.45, 2.75) is 26.4 Å². The van der Waals surface area contributed by atoms with Crippen LogP contribution in [0.1, 0.15) is 23.6 Å². The third-order valence-corrected chi connectivity index (χ3v) is 3.21. The molecule has 0 saturated carbocycles. The monoisotopic (exact) mass is 245 g/mol. The Morgan fingerprint density at radius 1 is 1.39 bits per heavy atom. The first kappa shape index (κ1) is 12.8. The molecule has 0 bridgehead atoms. The van der Waals surface area contributed by atoms with Crippen LogP contribution in [0.5, 0.6) is 0 Å². The van der Waals surface area contributed by atoms with Gasteiger partial charge in [0, 0.05) is 6.08 Å².